The molecular formula is C17H19NO5. The Morgan fingerprint density at radius 2 is 1.91 bits per heavy atom. The van der Waals surface area contributed by atoms with E-state index in [1.165, 1.54) is 0 Å². The van der Waals surface area contributed by atoms with Gasteiger partial charge in [-0.2, -0.15) is 0 Å². The van der Waals surface area contributed by atoms with Gasteiger partial charge in [-0.15, -0.1) is 0 Å². The molecule has 0 radical (unpaired) electrons. The van der Waals surface area contributed by atoms with E-state index < -0.39 is 17.1 Å². The van der Waals surface area contributed by atoms with Crippen molar-refractivity contribution in [2.24, 2.45) is 5.41 Å². The third-order valence-electron chi connectivity index (χ3n) is 4.42. The van der Waals surface area contributed by atoms with Crippen molar-refractivity contribution < 1.29 is 19.2 Å². The molecule has 23 heavy (non-hydrogen) atoms. The van der Waals surface area contributed by atoms with Gasteiger partial charge in [-0.1, -0.05) is 26.0 Å². The van der Waals surface area contributed by atoms with Crippen LogP contribution in [0.3, 0.4) is 0 Å². The number of rotatable bonds is 3. The number of hydrogen-bond donors (Lipinski definition) is 0. The highest BCUT2D eigenvalue weighted by molar-refractivity contribution is 5.99. The molecule has 122 valence electrons. The van der Waals surface area contributed by atoms with Crippen molar-refractivity contribution >= 4 is 5.78 Å². The number of hydrogen-bond acceptors (Lipinski definition) is 5. The molecule has 1 aliphatic heterocycles. The predicted molar refractivity (Wildman–Crippen MR) is 82.7 cm³/mol. The molecule has 1 heterocycles. The topological polar surface area (TPSA) is 78.7 Å². The zero-order chi connectivity index (χ0) is 16.8. The summed E-state index contributed by atoms with van der Waals surface area (Å²) in [6, 6.07) is 6.99. The Morgan fingerprint density at radius 3 is 2.48 bits per heavy atom. The quantitative estimate of drug-likeness (QED) is 0.632. The van der Waals surface area contributed by atoms with Gasteiger partial charge in [0.05, 0.1) is 17.6 Å². The summed E-state index contributed by atoms with van der Waals surface area (Å²) in [5, 5.41) is 11.4. The second-order valence-corrected chi connectivity index (χ2v) is 6.82. The first-order valence-electron chi connectivity index (χ1n) is 7.53. The molecule has 0 bridgehead atoms. The normalized spacial score (nSPS) is 25.8. The summed E-state index contributed by atoms with van der Waals surface area (Å²) in [4.78, 5) is 23.6. The number of carbonyl (C=O) groups is 1. The highest BCUT2D eigenvalue weighted by atomic mass is 16.7. The van der Waals surface area contributed by atoms with Crippen LogP contribution in [0.4, 0.5) is 0 Å². The number of nitrogens with zero attached hydrogens (tertiary/aromatic N) is 1. The molecular weight excluding hydrogens is 298 g/mol. The van der Waals surface area contributed by atoms with Gasteiger partial charge in [0.1, 0.15) is 17.4 Å². The number of allylic oxidation sites excluding steroid dienone is 1. The monoisotopic (exact) mass is 317 g/mol. The molecule has 0 N–H and O–H groups in total. The molecule has 0 amide bonds. The maximum absolute atomic E-state index is 12.6. The Morgan fingerprint density at radius 1 is 1.26 bits per heavy atom. The summed E-state index contributed by atoms with van der Waals surface area (Å²) in [6.07, 6.45) is -0.316. The minimum absolute atomic E-state index is 0.0542. The van der Waals surface area contributed by atoms with Crippen molar-refractivity contribution in [3.05, 3.63) is 51.3 Å². The summed E-state index contributed by atoms with van der Waals surface area (Å²) in [5.41, 5.74) is 0.938. The van der Waals surface area contributed by atoms with Crippen molar-refractivity contribution in [1.82, 2.24) is 0 Å². The fraction of sp³-hybridized carbons (Fsp3) is 0.471. The molecule has 0 aromatic heterocycles. The van der Waals surface area contributed by atoms with E-state index in [2.05, 4.69) is 0 Å². The summed E-state index contributed by atoms with van der Waals surface area (Å²) in [7, 11) is 1.56. The van der Waals surface area contributed by atoms with E-state index in [-0.39, 0.29) is 11.2 Å². The standard InChI is InChI=1S/C17H19NO5/c1-17(2)8-12(19)15-13(9-17)23-16(18(20)21)14(15)10-4-6-11(22-3)7-5-10/h4-7,14,16H,8-9H2,1-3H3/t14-,16-/m1/s1. The number of methoxy groups -OCH3 is 1. The summed E-state index contributed by atoms with van der Waals surface area (Å²) < 4.78 is 10.7. The average molecular weight is 317 g/mol. The predicted octanol–water partition coefficient (Wildman–Crippen LogP) is 3.06. The largest absolute Gasteiger partial charge is 0.497 e. The fourth-order valence-corrected chi connectivity index (χ4v) is 3.39. The molecule has 0 unspecified atom stereocenters. The molecule has 6 nitrogen and oxygen atoms in total. The van der Waals surface area contributed by atoms with Gasteiger partial charge in [-0.3, -0.25) is 14.9 Å². The Balaban J connectivity index is 2.05. The van der Waals surface area contributed by atoms with Crippen molar-refractivity contribution in [3.63, 3.8) is 0 Å². The van der Waals surface area contributed by atoms with E-state index in [1.54, 1.807) is 31.4 Å². The third kappa shape index (κ3) is 2.69. The molecule has 1 aromatic carbocycles. The maximum Gasteiger partial charge on any atom is 0.364 e. The Hall–Kier alpha value is -2.37. The zero-order valence-corrected chi connectivity index (χ0v) is 13.4. The molecule has 2 atom stereocenters. The summed E-state index contributed by atoms with van der Waals surface area (Å²) >= 11 is 0. The molecule has 2 aliphatic rings. The van der Waals surface area contributed by atoms with E-state index in [0.29, 0.717) is 35.5 Å². The van der Waals surface area contributed by atoms with E-state index in [1.807, 2.05) is 13.8 Å². The van der Waals surface area contributed by atoms with Crippen molar-refractivity contribution in [1.29, 1.82) is 0 Å². The Kier molecular flexibility index (Phi) is 3.62. The van der Waals surface area contributed by atoms with Crippen LogP contribution in [0.2, 0.25) is 0 Å². The van der Waals surface area contributed by atoms with E-state index in [4.69, 9.17) is 9.47 Å². The first-order valence-corrected chi connectivity index (χ1v) is 7.53. The van der Waals surface area contributed by atoms with Crippen LogP contribution in [0.15, 0.2) is 35.6 Å². The molecule has 0 saturated carbocycles. The van der Waals surface area contributed by atoms with Crippen LogP contribution >= 0.6 is 0 Å². The lowest BCUT2D eigenvalue weighted by atomic mass is 9.73. The van der Waals surface area contributed by atoms with Gasteiger partial charge in [0, 0.05) is 12.8 Å². The molecule has 3 rings (SSSR count). The van der Waals surface area contributed by atoms with Crippen molar-refractivity contribution in [2.45, 2.75) is 38.8 Å². The number of ether oxygens (including phenoxy) is 2. The molecule has 0 fully saturated rings. The van der Waals surface area contributed by atoms with Crippen LogP contribution in [0.25, 0.3) is 0 Å². The number of ketones is 1. The minimum atomic E-state index is -1.24. The molecule has 0 spiro atoms. The van der Waals surface area contributed by atoms with Crippen molar-refractivity contribution in [3.8, 4) is 5.75 Å². The summed E-state index contributed by atoms with van der Waals surface area (Å²) in [5.74, 6) is 0.431. The van der Waals surface area contributed by atoms with Crippen LogP contribution in [0.5, 0.6) is 5.75 Å². The van der Waals surface area contributed by atoms with Gasteiger partial charge < -0.3 is 9.47 Å². The van der Waals surface area contributed by atoms with Crippen LogP contribution in [0.1, 0.15) is 38.2 Å². The molecule has 0 saturated heterocycles. The van der Waals surface area contributed by atoms with E-state index >= 15 is 0 Å². The smallest absolute Gasteiger partial charge is 0.364 e. The molecule has 1 aliphatic carbocycles. The van der Waals surface area contributed by atoms with Gasteiger partial charge in [-0.05, 0) is 23.1 Å². The molecule has 6 heteroatoms. The number of nitro groups is 1. The van der Waals surface area contributed by atoms with Crippen LogP contribution in [-0.2, 0) is 9.53 Å². The van der Waals surface area contributed by atoms with E-state index in [0.717, 1.165) is 0 Å². The lowest BCUT2D eigenvalue weighted by Crippen LogP contribution is -2.28. The Bertz CT molecular complexity index is 689. The molecule has 1 aromatic rings. The van der Waals surface area contributed by atoms with Gasteiger partial charge in [0.25, 0.3) is 0 Å². The number of benzene rings is 1. The second-order valence-electron chi connectivity index (χ2n) is 6.82. The van der Waals surface area contributed by atoms with Gasteiger partial charge in [0.15, 0.2) is 5.78 Å². The van der Waals surface area contributed by atoms with E-state index in [9.17, 15) is 14.9 Å². The second kappa shape index (κ2) is 5.37. The van der Waals surface area contributed by atoms with Crippen LogP contribution < -0.4 is 4.74 Å². The lowest BCUT2D eigenvalue weighted by Gasteiger charge is -2.28. The average Bonchev–Trinajstić information content (AvgIpc) is 2.85. The van der Waals surface area contributed by atoms with Gasteiger partial charge in [0.2, 0.25) is 0 Å². The Labute approximate surface area is 134 Å². The first kappa shape index (κ1) is 15.5. The van der Waals surface area contributed by atoms with Gasteiger partial charge >= 0.3 is 6.23 Å². The summed E-state index contributed by atoms with van der Waals surface area (Å²) in [6.45, 7) is 3.94. The SMILES string of the molecule is COc1ccc([C@@H]2C3=C(CC(C)(C)CC3=O)O[C@H]2[N+](=O)[O-])cc1. The maximum atomic E-state index is 12.6. The van der Waals surface area contributed by atoms with Crippen molar-refractivity contribution in [2.75, 3.05) is 7.11 Å². The first-order chi connectivity index (χ1) is 10.8. The minimum Gasteiger partial charge on any atom is -0.497 e. The highest BCUT2D eigenvalue weighted by Crippen LogP contribution is 2.48. The number of Topliss-reactive ketones (excluding diaryl/α,β-unsaturated/α-hetero) is 1. The fourth-order valence-electron chi connectivity index (χ4n) is 3.39. The van der Waals surface area contributed by atoms with Gasteiger partial charge in [-0.25, -0.2) is 0 Å². The van der Waals surface area contributed by atoms with Crippen LogP contribution in [-0.4, -0.2) is 24.0 Å². The number of carbonyl (C=O) groups excluding carboxylic acids is 1. The van der Waals surface area contributed by atoms with Crippen LogP contribution in [0, 0.1) is 15.5 Å². The lowest BCUT2D eigenvalue weighted by molar-refractivity contribution is -0.570. The zero-order valence-electron chi connectivity index (χ0n) is 13.4. The highest BCUT2D eigenvalue weighted by Gasteiger charge is 2.51. The third-order valence-corrected chi connectivity index (χ3v) is 4.42.